The second-order valence-electron chi connectivity index (χ2n) is 6.45. The van der Waals surface area contributed by atoms with Crippen molar-refractivity contribution in [2.24, 2.45) is 5.41 Å². The summed E-state index contributed by atoms with van der Waals surface area (Å²) in [6.45, 7) is 6.06. The quantitative estimate of drug-likeness (QED) is 0.934. The average Bonchev–Trinajstić information content (AvgIpc) is 3.22. The van der Waals surface area contributed by atoms with Gasteiger partial charge in [-0.2, -0.15) is 0 Å². The summed E-state index contributed by atoms with van der Waals surface area (Å²) in [6.07, 6.45) is 9.80. The third-order valence-electron chi connectivity index (χ3n) is 5.00. The Bertz CT molecular complexity index is 589. The number of hydrogen-bond donors (Lipinski definition) is 1. The highest BCUT2D eigenvalue weighted by Gasteiger charge is 2.38. The summed E-state index contributed by atoms with van der Waals surface area (Å²) in [6, 6.07) is 2.31. The second-order valence-corrected chi connectivity index (χ2v) is 7.45. The number of rotatable bonds is 3. The molecule has 0 amide bonds. The Hall–Kier alpha value is -0.880. The van der Waals surface area contributed by atoms with Crippen LogP contribution in [0.2, 0.25) is 0 Å². The van der Waals surface area contributed by atoms with Gasteiger partial charge < -0.3 is 9.88 Å². The maximum atomic E-state index is 4.12. The van der Waals surface area contributed by atoms with E-state index in [4.69, 9.17) is 0 Å². The molecule has 4 nitrogen and oxygen atoms in total. The predicted octanol–water partition coefficient (Wildman–Crippen LogP) is 2.93. The van der Waals surface area contributed by atoms with E-state index >= 15 is 0 Å². The summed E-state index contributed by atoms with van der Waals surface area (Å²) in [4.78, 5) is 8.23. The molecule has 0 saturated carbocycles. The summed E-state index contributed by atoms with van der Waals surface area (Å²) in [5, 5.41) is 5.72. The fourth-order valence-electron chi connectivity index (χ4n) is 3.75. The van der Waals surface area contributed by atoms with Gasteiger partial charge in [0, 0.05) is 35.7 Å². The van der Waals surface area contributed by atoms with E-state index in [-0.39, 0.29) is 12.4 Å². The van der Waals surface area contributed by atoms with Crippen LogP contribution < -0.4 is 5.32 Å². The Balaban J connectivity index is 0.00000144. The molecular formula is C16H23ClN4S. The normalized spacial score (nSPS) is 21.1. The number of likely N-dealkylation sites (tertiary alicyclic amines) is 1. The van der Waals surface area contributed by atoms with Crippen LogP contribution in [-0.4, -0.2) is 40.6 Å². The first-order chi connectivity index (χ1) is 10.3. The molecule has 4 heterocycles. The molecule has 2 aliphatic heterocycles. The molecule has 22 heavy (non-hydrogen) atoms. The number of imidazole rings is 1. The van der Waals surface area contributed by atoms with E-state index in [1.54, 1.807) is 0 Å². The van der Waals surface area contributed by atoms with E-state index < -0.39 is 0 Å². The van der Waals surface area contributed by atoms with Crippen molar-refractivity contribution >= 4 is 23.7 Å². The van der Waals surface area contributed by atoms with Gasteiger partial charge in [-0.3, -0.25) is 4.90 Å². The minimum atomic E-state index is 0. The van der Waals surface area contributed by atoms with E-state index in [2.05, 4.69) is 31.2 Å². The first kappa shape index (κ1) is 16.0. The zero-order valence-corrected chi connectivity index (χ0v) is 14.3. The molecule has 1 spiro atoms. The molecule has 1 N–H and O–H groups in total. The van der Waals surface area contributed by atoms with Crippen molar-refractivity contribution in [1.29, 1.82) is 0 Å². The van der Waals surface area contributed by atoms with Gasteiger partial charge in [-0.15, -0.1) is 23.7 Å². The van der Waals surface area contributed by atoms with Crippen LogP contribution in [0.25, 0.3) is 5.69 Å². The van der Waals surface area contributed by atoms with Crippen LogP contribution >= 0.6 is 23.7 Å². The van der Waals surface area contributed by atoms with Crippen molar-refractivity contribution in [3.8, 4) is 5.69 Å². The largest absolute Gasteiger partial charge is 0.317 e. The van der Waals surface area contributed by atoms with Gasteiger partial charge in [-0.25, -0.2) is 4.98 Å². The Morgan fingerprint density at radius 2 is 2.14 bits per heavy atom. The standard InChI is InChI=1S/C16H22N4S.ClH/c1-4-17-5-2-16(1)3-7-19(12-16)10-15-9-14(11-21-15)20-8-6-18-13-20;/h6,8-9,11,13,17H,1-5,7,10,12H2;1H. The molecule has 2 aromatic heterocycles. The maximum Gasteiger partial charge on any atom is 0.0991 e. The molecule has 2 aromatic rings. The topological polar surface area (TPSA) is 33.1 Å². The number of nitrogens with one attached hydrogen (secondary N) is 1. The average molecular weight is 339 g/mol. The molecule has 0 atom stereocenters. The van der Waals surface area contributed by atoms with E-state index in [0.717, 1.165) is 6.54 Å². The molecule has 120 valence electrons. The van der Waals surface area contributed by atoms with Gasteiger partial charge in [0.15, 0.2) is 0 Å². The zero-order chi connectivity index (χ0) is 14.1. The third-order valence-corrected chi connectivity index (χ3v) is 5.91. The highest BCUT2D eigenvalue weighted by atomic mass is 35.5. The molecule has 0 aromatic carbocycles. The van der Waals surface area contributed by atoms with Crippen molar-refractivity contribution in [3.05, 3.63) is 35.0 Å². The van der Waals surface area contributed by atoms with Crippen LogP contribution in [0.1, 0.15) is 24.1 Å². The SMILES string of the molecule is Cl.c1cn(-c2csc(CN3CCC4(CCNCC4)C3)c2)cn1. The summed E-state index contributed by atoms with van der Waals surface area (Å²) < 4.78 is 2.08. The lowest BCUT2D eigenvalue weighted by molar-refractivity contribution is 0.194. The van der Waals surface area contributed by atoms with Crippen molar-refractivity contribution in [2.75, 3.05) is 26.2 Å². The summed E-state index contributed by atoms with van der Waals surface area (Å²) >= 11 is 1.87. The fraction of sp³-hybridized carbons (Fsp3) is 0.562. The molecule has 4 rings (SSSR count). The first-order valence-electron chi connectivity index (χ1n) is 7.82. The van der Waals surface area contributed by atoms with Gasteiger partial charge in [-0.1, -0.05) is 0 Å². The molecule has 0 aliphatic carbocycles. The van der Waals surface area contributed by atoms with Gasteiger partial charge in [0.1, 0.15) is 0 Å². The Morgan fingerprint density at radius 1 is 1.27 bits per heavy atom. The second kappa shape index (κ2) is 6.71. The molecule has 2 saturated heterocycles. The molecule has 2 aliphatic rings. The summed E-state index contributed by atoms with van der Waals surface area (Å²) in [7, 11) is 0. The van der Waals surface area contributed by atoms with Gasteiger partial charge in [0.2, 0.25) is 0 Å². The van der Waals surface area contributed by atoms with Gasteiger partial charge in [0.25, 0.3) is 0 Å². The van der Waals surface area contributed by atoms with E-state index in [1.807, 2.05) is 30.1 Å². The third kappa shape index (κ3) is 3.23. The predicted molar refractivity (Wildman–Crippen MR) is 93.1 cm³/mol. The van der Waals surface area contributed by atoms with Crippen molar-refractivity contribution < 1.29 is 0 Å². The van der Waals surface area contributed by atoms with Crippen LogP contribution in [0.5, 0.6) is 0 Å². The van der Waals surface area contributed by atoms with Crippen molar-refractivity contribution in [2.45, 2.75) is 25.8 Å². The highest BCUT2D eigenvalue weighted by molar-refractivity contribution is 7.10. The van der Waals surface area contributed by atoms with E-state index in [1.165, 1.54) is 56.0 Å². The van der Waals surface area contributed by atoms with Crippen molar-refractivity contribution in [1.82, 2.24) is 19.8 Å². The van der Waals surface area contributed by atoms with Crippen LogP contribution in [-0.2, 0) is 6.54 Å². The lowest BCUT2D eigenvalue weighted by Gasteiger charge is -2.33. The van der Waals surface area contributed by atoms with Crippen molar-refractivity contribution in [3.63, 3.8) is 0 Å². The maximum absolute atomic E-state index is 4.12. The molecule has 0 unspecified atom stereocenters. The van der Waals surface area contributed by atoms with Crippen LogP contribution in [0.15, 0.2) is 30.2 Å². The lowest BCUT2D eigenvalue weighted by Crippen LogP contribution is -2.38. The van der Waals surface area contributed by atoms with Gasteiger partial charge >= 0.3 is 0 Å². The molecule has 2 fully saturated rings. The van der Waals surface area contributed by atoms with Crippen LogP contribution in [0.4, 0.5) is 0 Å². The Labute approximate surface area is 142 Å². The van der Waals surface area contributed by atoms with Gasteiger partial charge in [-0.05, 0) is 50.4 Å². The monoisotopic (exact) mass is 338 g/mol. The van der Waals surface area contributed by atoms with E-state index in [9.17, 15) is 0 Å². The number of thiophene rings is 1. The smallest absolute Gasteiger partial charge is 0.0991 e. The van der Waals surface area contributed by atoms with Gasteiger partial charge in [0.05, 0.1) is 12.0 Å². The first-order valence-corrected chi connectivity index (χ1v) is 8.70. The minimum absolute atomic E-state index is 0. The minimum Gasteiger partial charge on any atom is -0.317 e. The lowest BCUT2D eigenvalue weighted by atomic mass is 9.78. The fourth-order valence-corrected chi connectivity index (χ4v) is 4.66. The number of hydrogen-bond acceptors (Lipinski definition) is 4. The number of halogens is 1. The number of aromatic nitrogens is 2. The highest BCUT2D eigenvalue weighted by Crippen LogP contribution is 2.39. The van der Waals surface area contributed by atoms with Crippen LogP contribution in [0, 0.1) is 5.41 Å². The number of piperidine rings is 1. The van der Waals surface area contributed by atoms with Crippen LogP contribution in [0.3, 0.4) is 0 Å². The Morgan fingerprint density at radius 3 is 2.91 bits per heavy atom. The summed E-state index contributed by atoms with van der Waals surface area (Å²) in [5.41, 5.74) is 1.85. The van der Waals surface area contributed by atoms with E-state index in [0.29, 0.717) is 5.41 Å². The molecule has 6 heteroatoms. The zero-order valence-electron chi connectivity index (χ0n) is 12.7. The number of nitrogens with zero attached hydrogens (tertiary/aromatic N) is 3. The Kier molecular flexibility index (Phi) is 4.88. The molecular weight excluding hydrogens is 316 g/mol. The molecule has 0 radical (unpaired) electrons. The molecule has 0 bridgehead atoms. The summed E-state index contributed by atoms with van der Waals surface area (Å²) in [5.74, 6) is 0.